The first kappa shape index (κ1) is 65.2. The Kier molecular flexibility index (Phi) is 16.5. The molecule has 0 amide bonds. The molecule has 4 heteroatoms. The van der Waals surface area contributed by atoms with Crippen LogP contribution in [0.2, 0.25) is 0 Å². The first-order valence-electron chi connectivity index (χ1n) is 32.3. The Labute approximate surface area is 640 Å². The Morgan fingerprint density at radius 3 is 0.553 bits per heavy atom. The minimum absolute atomic E-state index is 0. The molecule has 0 bridgehead atoms. The molecule has 0 radical (unpaired) electrons. The molecule has 18 rings (SSSR count). The van der Waals surface area contributed by atoms with Gasteiger partial charge in [0.05, 0.1) is 0 Å². The second-order valence-electron chi connectivity index (χ2n) is 27.3. The fourth-order valence-corrected chi connectivity index (χ4v) is 18.4. The minimum Gasteiger partial charge on any atom is -0.0997 e. The van der Waals surface area contributed by atoms with E-state index in [1.807, 2.05) is 0 Å². The van der Waals surface area contributed by atoms with Gasteiger partial charge in [0.15, 0.2) is 0 Å². The quantitative estimate of drug-likeness (QED) is 0.122. The van der Waals surface area contributed by atoms with E-state index in [1.165, 1.54) is 253 Å². The van der Waals surface area contributed by atoms with E-state index in [0.717, 1.165) is 0 Å². The van der Waals surface area contributed by atoms with Gasteiger partial charge in [0.2, 0.25) is 0 Å². The summed E-state index contributed by atoms with van der Waals surface area (Å²) >= 11 is 0. The number of hydrogen-bond acceptors (Lipinski definition) is 0. The van der Waals surface area contributed by atoms with Gasteiger partial charge in [-0.3, -0.25) is 0 Å². The molecule has 0 heterocycles. The van der Waals surface area contributed by atoms with Gasteiger partial charge in [-0.1, -0.05) is 447 Å². The first-order valence-corrected chi connectivity index (χ1v) is 32.3. The fourth-order valence-electron chi connectivity index (χ4n) is 18.4. The van der Waals surface area contributed by atoms with E-state index in [2.05, 4.69) is 277 Å². The van der Waals surface area contributed by atoms with E-state index in [1.54, 1.807) is 0 Å². The van der Waals surface area contributed by atoms with Gasteiger partial charge in [0.25, 0.3) is 0 Å². The summed E-state index contributed by atoms with van der Waals surface area (Å²) in [5.41, 5.74) is 39.4. The van der Waals surface area contributed by atoms with Crippen LogP contribution in [0.4, 0.5) is 0 Å². The van der Waals surface area contributed by atoms with Crippen LogP contribution < -0.4 is 118 Å². The Morgan fingerprint density at radius 1 is 0.181 bits per heavy atom. The van der Waals surface area contributed by atoms with Crippen LogP contribution in [-0.2, 0) is 0 Å². The Bertz CT molecular complexity index is 5200. The number of hydrogen-bond donors (Lipinski definition) is 0. The largest absolute Gasteiger partial charge is 1.00 e. The molecule has 0 atom stereocenters. The Hall–Kier alpha value is -6.14. The molecule has 0 aliphatic heterocycles. The second-order valence-corrected chi connectivity index (χ2v) is 27.3. The van der Waals surface area contributed by atoms with E-state index in [9.17, 15) is 0 Å². The van der Waals surface area contributed by atoms with Crippen molar-refractivity contribution in [3.05, 3.63) is 283 Å². The standard InChI is InChI=1S/C90H68.4Na/c1-45-29-49(5)81(50(6)30-45)85-61-25-17-13-21-57(61)65-37-77-69(41-73(65)85)70-42-74-66(58-22-14-18-26-62(58)86(74)82-51(7)31-46(2)32-52(82)8)38-78(70)89(77)90-79-39-67-59-23-15-19-27-63(59)87(83-53(9)33-47(3)34-54(83)10)75(67)43-71(79)72-44-76-68(40-80(72)90)60-24-16-20-28-64(60)88(76)84-55(11)35-48(4)36-56(84)12;;;;/h13-44H,1-12H3;;;;/q-4;4*+1. The summed E-state index contributed by atoms with van der Waals surface area (Å²) in [7, 11) is 0. The normalized spacial score (nSPS) is 12.3. The van der Waals surface area contributed by atoms with Crippen LogP contribution in [0.25, 0.3) is 164 Å². The van der Waals surface area contributed by atoms with Crippen molar-refractivity contribution in [2.45, 2.75) is 83.1 Å². The van der Waals surface area contributed by atoms with Crippen molar-refractivity contribution in [2.24, 2.45) is 0 Å². The molecule has 0 aromatic heterocycles. The molecular weight excluding hydrogens is 1170 g/mol. The summed E-state index contributed by atoms with van der Waals surface area (Å²) in [6, 6.07) is 76.9. The Morgan fingerprint density at radius 2 is 0.362 bits per heavy atom. The van der Waals surface area contributed by atoms with Crippen molar-refractivity contribution in [1.82, 2.24) is 0 Å². The molecule has 0 nitrogen and oxygen atoms in total. The van der Waals surface area contributed by atoms with Crippen LogP contribution in [0.15, 0.2) is 194 Å². The molecule has 0 saturated carbocycles. The molecule has 94 heavy (non-hydrogen) atoms. The third-order valence-electron chi connectivity index (χ3n) is 21.3. The van der Waals surface area contributed by atoms with Crippen molar-refractivity contribution >= 4 is 97.3 Å². The third-order valence-corrected chi connectivity index (χ3v) is 21.3. The van der Waals surface area contributed by atoms with Gasteiger partial charge < -0.3 is 0 Å². The summed E-state index contributed by atoms with van der Waals surface area (Å²) in [5, 5.41) is 20.9. The van der Waals surface area contributed by atoms with Crippen LogP contribution >= 0.6 is 0 Å². The van der Waals surface area contributed by atoms with Gasteiger partial charge in [-0.15, -0.1) is 0 Å². The zero-order chi connectivity index (χ0) is 61.2. The summed E-state index contributed by atoms with van der Waals surface area (Å²) < 4.78 is 0. The van der Waals surface area contributed by atoms with Gasteiger partial charge in [-0.2, -0.15) is 0 Å². The molecule has 0 fully saturated rings. The summed E-state index contributed by atoms with van der Waals surface area (Å²) in [6.07, 6.45) is 0. The second kappa shape index (κ2) is 23.8. The van der Waals surface area contributed by atoms with Gasteiger partial charge >= 0.3 is 118 Å². The molecule has 16 aromatic rings. The van der Waals surface area contributed by atoms with Crippen LogP contribution in [-0.4, -0.2) is 0 Å². The maximum atomic E-state index is 2.63. The van der Waals surface area contributed by atoms with E-state index in [0.29, 0.717) is 0 Å². The predicted molar refractivity (Wildman–Crippen MR) is 390 cm³/mol. The van der Waals surface area contributed by atoms with E-state index < -0.39 is 0 Å². The number of benzene rings is 12. The molecular formula is C90H68Na4. The van der Waals surface area contributed by atoms with Gasteiger partial charge in [-0.05, 0) is 83.3 Å². The van der Waals surface area contributed by atoms with Gasteiger partial charge in [0, 0.05) is 0 Å². The maximum Gasteiger partial charge on any atom is 1.00 e. The van der Waals surface area contributed by atoms with Crippen LogP contribution in [0.5, 0.6) is 0 Å². The molecule has 0 saturated heterocycles. The summed E-state index contributed by atoms with van der Waals surface area (Å²) in [4.78, 5) is 0. The molecule has 0 N–H and O–H groups in total. The SMILES string of the molecule is Cc1cc(C)c(-[c-]2c3ccccc3c3cc4c(cc32)-c2cc3c(cc2C4=C2c4cc5c6ccccc6[c-](-c6c(C)cc(C)cc6C)c5cc4-c4cc5c(cc42)c2ccccc2[c-]5-c2c(C)cc(C)cc2C)c2ccccc2[c-]3-c2c(C)cc(C)cc2C)c(C)c1.[Na+].[Na+].[Na+].[Na+]. The maximum absolute atomic E-state index is 2.63. The first-order chi connectivity index (χ1) is 43.6. The van der Waals surface area contributed by atoms with E-state index >= 15 is 0 Å². The molecule has 16 aromatic carbocycles. The van der Waals surface area contributed by atoms with Crippen LogP contribution in [0.1, 0.15) is 89.0 Å². The van der Waals surface area contributed by atoms with Crippen molar-refractivity contribution in [3.63, 3.8) is 0 Å². The average Bonchev–Trinajstić information content (AvgIpc) is 1.53. The van der Waals surface area contributed by atoms with Crippen molar-refractivity contribution < 1.29 is 118 Å². The number of rotatable bonds is 4. The predicted octanol–water partition coefficient (Wildman–Crippen LogP) is 13.1. The van der Waals surface area contributed by atoms with Crippen molar-refractivity contribution in [1.29, 1.82) is 0 Å². The van der Waals surface area contributed by atoms with E-state index in [4.69, 9.17) is 0 Å². The minimum atomic E-state index is 0. The van der Waals surface area contributed by atoms with E-state index in [-0.39, 0.29) is 118 Å². The topological polar surface area (TPSA) is 0 Å². The van der Waals surface area contributed by atoms with Crippen LogP contribution in [0.3, 0.4) is 0 Å². The molecule has 2 aliphatic rings. The zero-order valence-corrected chi connectivity index (χ0v) is 65.5. The molecule has 432 valence electrons. The molecule has 0 unspecified atom stereocenters. The molecule has 2 aliphatic carbocycles. The third kappa shape index (κ3) is 9.30. The average molecular weight is 1240 g/mol. The Balaban J connectivity index is 0.00000191. The summed E-state index contributed by atoms with van der Waals surface area (Å²) in [5.74, 6) is 0. The number of aryl methyl sites for hydroxylation is 12. The van der Waals surface area contributed by atoms with Crippen molar-refractivity contribution in [3.8, 4) is 66.8 Å². The number of fused-ring (bicyclic) bond motifs is 18. The monoisotopic (exact) mass is 1240 g/mol. The van der Waals surface area contributed by atoms with Crippen molar-refractivity contribution in [2.75, 3.05) is 0 Å². The zero-order valence-electron chi connectivity index (χ0n) is 57.5. The van der Waals surface area contributed by atoms with Gasteiger partial charge in [-0.25, -0.2) is 0 Å². The summed E-state index contributed by atoms with van der Waals surface area (Å²) in [6.45, 7) is 27.4. The fraction of sp³-hybridized carbons (Fsp3) is 0.133. The van der Waals surface area contributed by atoms with Gasteiger partial charge in [0.1, 0.15) is 0 Å². The molecule has 0 spiro atoms. The van der Waals surface area contributed by atoms with Crippen LogP contribution in [0, 0.1) is 83.1 Å². The smallest absolute Gasteiger partial charge is 0.0997 e.